The summed E-state index contributed by atoms with van der Waals surface area (Å²) in [5, 5.41) is 0.520. The molecule has 0 aromatic heterocycles. The molecule has 1 heterocycles. The third kappa shape index (κ3) is 4.64. The van der Waals surface area contributed by atoms with Gasteiger partial charge in [-0.3, -0.25) is 4.79 Å². The molecule has 3 aromatic carbocycles. The Morgan fingerprint density at radius 2 is 1.75 bits per heavy atom. The van der Waals surface area contributed by atoms with E-state index in [0.29, 0.717) is 35.5 Å². The Morgan fingerprint density at radius 1 is 1.03 bits per heavy atom. The average Bonchev–Trinajstić information content (AvgIpc) is 2.72. The van der Waals surface area contributed by atoms with E-state index < -0.39 is 11.7 Å². The quantitative estimate of drug-likeness (QED) is 0.428. The van der Waals surface area contributed by atoms with Gasteiger partial charge in [0.05, 0.1) is 15.6 Å². The number of halogens is 5. The molecule has 2 N–H and O–H groups in total. The van der Waals surface area contributed by atoms with E-state index in [1.165, 1.54) is 23.1 Å². The first-order valence-corrected chi connectivity index (χ1v) is 10.4. The van der Waals surface area contributed by atoms with E-state index in [1.807, 2.05) is 0 Å². The Kier molecular flexibility index (Phi) is 5.97. The molecule has 166 valence electrons. The van der Waals surface area contributed by atoms with Gasteiger partial charge in [-0.2, -0.15) is 13.2 Å². The number of alkyl halides is 3. The molecule has 4 nitrogen and oxygen atoms in total. The predicted molar refractivity (Wildman–Crippen MR) is 117 cm³/mol. The number of benzene rings is 3. The Hall–Kier alpha value is -2.90. The molecule has 0 saturated carbocycles. The van der Waals surface area contributed by atoms with Crippen LogP contribution in [0, 0.1) is 0 Å². The van der Waals surface area contributed by atoms with E-state index in [0.717, 1.165) is 17.7 Å². The minimum Gasteiger partial charge on any atom is -0.454 e. The van der Waals surface area contributed by atoms with Crippen molar-refractivity contribution < 1.29 is 22.7 Å². The third-order valence-corrected chi connectivity index (χ3v) is 5.68. The minimum atomic E-state index is -4.43. The number of carbonyl (C=O) groups is 1. The number of hydrogen-bond donors (Lipinski definition) is 1. The molecule has 4 rings (SSSR count). The fraction of sp³-hybridized carbons (Fsp3) is 0.174. The zero-order chi connectivity index (χ0) is 23.0. The van der Waals surface area contributed by atoms with Crippen molar-refractivity contribution in [2.45, 2.75) is 19.1 Å². The van der Waals surface area contributed by atoms with Crippen LogP contribution < -0.4 is 10.5 Å². The zero-order valence-corrected chi connectivity index (χ0v) is 18.1. The lowest BCUT2D eigenvalue weighted by Crippen LogP contribution is -2.37. The van der Waals surface area contributed by atoms with E-state index in [1.54, 1.807) is 24.3 Å². The molecular weight excluding hydrogens is 464 g/mol. The van der Waals surface area contributed by atoms with Gasteiger partial charge in [0.25, 0.3) is 5.91 Å². The lowest BCUT2D eigenvalue weighted by atomic mass is 9.98. The van der Waals surface area contributed by atoms with Gasteiger partial charge in [-0.25, -0.2) is 0 Å². The molecule has 32 heavy (non-hydrogen) atoms. The first kappa shape index (κ1) is 22.3. The van der Waals surface area contributed by atoms with Crippen LogP contribution in [0.1, 0.15) is 27.0 Å². The fourth-order valence-electron chi connectivity index (χ4n) is 3.59. The Bertz CT molecular complexity index is 1180. The second-order valence-corrected chi connectivity index (χ2v) is 8.22. The van der Waals surface area contributed by atoms with Crippen molar-refractivity contribution in [1.29, 1.82) is 0 Å². The molecule has 0 spiro atoms. The Balaban J connectivity index is 1.53. The molecule has 0 radical (unpaired) electrons. The number of carbonyl (C=O) groups excluding carboxylic acids is 1. The van der Waals surface area contributed by atoms with Gasteiger partial charge in [-0.1, -0.05) is 35.3 Å². The first-order valence-electron chi connectivity index (χ1n) is 9.62. The highest BCUT2D eigenvalue weighted by Crippen LogP contribution is 2.39. The maximum Gasteiger partial charge on any atom is 0.416 e. The van der Waals surface area contributed by atoms with Crippen molar-refractivity contribution in [3.8, 4) is 11.5 Å². The number of nitrogens with zero attached hydrogens (tertiary/aromatic N) is 1. The van der Waals surface area contributed by atoms with Gasteiger partial charge in [0.1, 0.15) is 5.75 Å². The van der Waals surface area contributed by atoms with Crippen LogP contribution in [0.25, 0.3) is 0 Å². The zero-order valence-electron chi connectivity index (χ0n) is 16.5. The molecule has 0 bridgehead atoms. The number of rotatable bonds is 4. The Morgan fingerprint density at radius 3 is 2.44 bits per heavy atom. The van der Waals surface area contributed by atoms with Gasteiger partial charge in [0.15, 0.2) is 5.75 Å². The normalized spacial score (nSPS) is 13.8. The summed E-state index contributed by atoms with van der Waals surface area (Å²) in [6, 6.07) is 13.0. The lowest BCUT2D eigenvalue weighted by molar-refractivity contribution is -0.137. The van der Waals surface area contributed by atoms with Gasteiger partial charge in [0, 0.05) is 24.3 Å². The van der Waals surface area contributed by atoms with Crippen molar-refractivity contribution >= 4 is 34.8 Å². The van der Waals surface area contributed by atoms with E-state index in [4.69, 9.17) is 33.7 Å². The topological polar surface area (TPSA) is 55.6 Å². The van der Waals surface area contributed by atoms with Crippen LogP contribution in [-0.4, -0.2) is 17.4 Å². The van der Waals surface area contributed by atoms with Gasteiger partial charge in [-0.15, -0.1) is 0 Å². The standard InChI is InChI=1S/C23H17Cl2F3N2O2/c24-19-10-16(29)11-20(25)21(19)32-17-4-5-18-14(9-17)6-7-30(22(18)31)12-13-2-1-3-15(8-13)23(26,27)28/h1-5,8-11H,6-7,12,29H2. The minimum absolute atomic E-state index is 0.0943. The summed E-state index contributed by atoms with van der Waals surface area (Å²) >= 11 is 12.3. The van der Waals surface area contributed by atoms with Crippen molar-refractivity contribution in [1.82, 2.24) is 4.90 Å². The average molecular weight is 481 g/mol. The Labute approximate surface area is 192 Å². The first-order chi connectivity index (χ1) is 15.1. The van der Waals surface area contributed by atoms with Crippen molar-refractivity contribution in [3.05, 3.63) is 86.9 Å². The molecular formula is C23H17Cl2F3N2O2. The van der Waals surface area contributed by atoms with E-state index in [9.17, 15) is 18.0 Å². The van der Waals surface area contributed by atoms with Gasteiger partial charge < -0.3 is 15.4 Å². The van der Waals surface area contributed by atoms with Crippen LogP contribution in [0.3, 0.4) is 0 Å². The number of fused-ring (bicyclic) bond motifs is 1. The molecule has 1 aliphatic rings. The number of ether oxygens (including phenoxy) is 1. The van der Waals surface area contributed by atoms with Crippen LogP contribution in [0.4, 0.5) is 18.9 Å². The maximum atomic E-state index is 13.0. The maximum absolute atomic E-state index is 13.0. The predicted octanol–water partition coefficient (Wildman–Crippen LogP) is 6.59. The summed E-state index contributed by atoms with van der Waals surface area (Å²) in [4.78, 5) is 14.5. The number of anilines is 1. The SMILES string of the molecule is Nc1cc(Cl)c(Oc2ccc3c(c2)CCN(Cc2cccc(C(F)(F)F)c2)C3=O)c(Cl)c1. The number of amides is 1. The van der Waals surface area contributed by atoms with Gasteiger partial charge in [-0.05, 0) is 60.0 Å². The van der Waals surface area contributed by atoms with Crippen LogP contribution in [0.2, 0.25) is 10.0 Å². The second kappa shape index (κ2) is 8.56. The smallest absolute Gasteiger partial charge is 0.416 e. The van der Waals surface area contributed by atoms with Crippen molar-refractivity contribution in [2.75, 3.05) is 12.3 Å². The van der Waals surface area contributed by atoms with E-state index in [2.05, 4.69) is 0 Å². The second-order valence-electron chi connectivity index (χ2n) is 7.41. The van der Waals surface area contributed by atoms with Gasteiger partial charge >= 0.3 is 6.18 Å². The highest BCUT2D eigenvalue weighted by Gasteiger charge is 2.31. The fourth-order valence-corrected chi connectivity index (χ4v) is 4.17. The monoisotopic (exact) mass is 480 g/mol. The summed E-state index contributed by atoms with van der Waals surface area (Å²) in [5.41, 5.74) is 7.05. The molecule has 1 aliphatic heterocycles. The molecule has 0 saturated heterocycles. The van der Waals surface area contributed by atoms with E-state index >= 15 is 0 Å². The van der Waals surface area contributed by atoms with Crippen LogP contribution >= 0.6 is 23.2 Å². The molecule has 1 amide bonds. The molecule has 0 fully saturated rings. The molecule has 0 aliphatic carbocycles. The summed E-state index contributed by atoms with van der Waals surface area (Å²) in [6.07, 6.45) is -3.90. The highest BCUT2D eigenvalue weighted by atomic mass is 35.5. The number of nitrogen functional groups attached to an aromatic ring is 1. The van der Waals surface area contributed by atoms with Crippen LogP contribution in [-0.2, 0) is 19.1 Å². The van der Waals surface area contributed by atoms with Gasteiger partial charge in [0.2, 0.25) is 0 Å². The van der Waals surface area contributed by atoms with Crippen molar-refractivity contribution in [3.63, 3.8) is 0 Å². The summed E-state index contributed by atoms with van der Waals surface area (Å²) < 4.78 is 44.7. The summed E-state index contributed by atoms with van der Waals surface area (Å²) in [5.74, 6) is 0.464. The summed E-state index contributed by atoms with van der Waals surface area (Å²) in [6.45, 7) is 0.464. The number of nitrogens with two attached hydrogens (primary N) is 1. The highest BCUT2D eigenvalue weighted by molar-refractivity contribution is 6.37. The lowest BCUT2D eigenvalue weighted by Gasteiger charge is -2.29. The molecule has 0 unspecified atom stereocenters. The molecule has 3 aromatic rings. The van der Waals surface area contributed by atoms with Crippen molar-refractivity contribution in [2.24, 2.45) is 0 Å². The molecule has 9 heteroatoms. The number of hydrogen-bond acceptors (Lipinski definition) is 3. The third-order valence-electron chi connectivity index (χ3n) is 5.11. The molecule has 0 atom stereocenters. The van der Waals surface area contributed by atoms with Crippen LogP contribution in [0.5, 0.6) is 11.5 Å². The van der Waals surface area contributed by atoms with Crippen LogP contribution in [0.15, 0.2) is 54.6 Å². The largest absolute Gasteiger partial charge is 0.454 e. The summed E-state index contributed by atoms with van der Waals surface area (Å²) in [7, 11) is 0. The van der Waals surface area contributed by atoms with E-state index in [-0.39, 0.29) is 28.2 Å².